The fraction of sp³-hybridized carbons (Fsp3) is 0.750. The van der Waals surface area contributed by atoms with Crippen molar-refractivity contribution in [2.75, 3.05) is 6.54 Å². The predicted molar refractivity (Wildman–Crippen MR) is 61.0 cm³/mol. The maximum Gasteiger partial charge on any atom is 0.223 e. The van der Waals surface area contributed by atoms with Crippen LogP contribution in [-0.2, 0) is 4.79 Å². The minimum atomic E-state index is 0.128. The molecule has 1 amide bonds. The average Bonchev–Trinajstić information content (AvgIpc) is 2.24. The van der Waals surface area contributed by atoms with Crippen LogP contribution in [0.1, 0.15) is 39.0 Å². The quantitative estimate of drug-likeness (QED) is 0.537. The highest BCUT2D eigenvalue weighted by Gasteiger charge is 2.24. The van der Waals surface area contributed by atoms with Crippen LogP contribution in [0.15, 0.2) is 0 Å². The van der Waals surface area contributed by atoms with Gasteiger partial charge in [0.15, 0.2) is 0 Å². The van der Waals surface area contributed by atoms with Crippen LogP contribution in [0.3, 0.4) is 0 Å². The molecule has 0 heterocycles. The second-order valence-corrected chi connectivity index (χ2v) is 4.09. The summed E-state index contributed by atoms with van der Waals surface area (Å²) in [4.78, 5) is 11.7. The van der Waals surface area contributed by atoms with Crippen molar-refractivity contribution in [1.29, 1.82) is 0 Å². The van der Waals surface area contributed by atoms with Crippen molar-refractivity contribution in [3.63, 3.8) is 0 Å². The molecule has 1 saturated carbocycles. The number of hydrogen-bond donors (Lipinski definition) is 2. The summed E-state index contributed by atoms with van der Waals surface area (Å²) in [6.45, 7) is 2.47. The largest absolute Gasteiger partial charge is 0.355 e. The Morgan fingerprint density at radius 1 is 1.53 bits per heavy atom. The number of nitrogens with two attached hydrogens (primary N) is 1. The van der Waals surface area contributed by atoms with Crippen molar-refractivity contribution in [2.45, 2.75) is 45.1 Å². The highest BCUT2D eigenvalue weighted by Crippen LogP contribution is 2.22. The lowest BCUT2D eigenvalue weighted by Crippen LogP contribution is -2.38. The molecule has 0 aromatic carbocycles. The first-order chi connectivity index (χ1) is 7.24. The minimum absolute atomic E-state index is 0.128. The van der Waals surface area contributed by atoms with Crippen LogP contribution in [0, 0.1) is 17.8 Å². The van der Waals surface area contributed by atoms with Gasteiger partial charge in [0.05, 0.1) is 0 Å². The molecule has 0 saturated heterocycles. The molecule has 1 rings (SSSR count). The van der Waals surface area contributed by atoms with Gasteiger partial charge in [-0.25, -0.2) is 0 Å². The molecule has 0 aromatic rings. The Kier molecular flexibility index (Phi) is 5.20. The predicted octanol–water partition coefficient (Wildman–Crippen LogP) is 1.03. The molecule has 2 unspecified atom stereocenters. The zero-order valence-corrected chi connectivity index (χ0v) is 9.38. The van der Waals surface area contributed by atoms with Gasteiger partial charge in [-0.15, -0.1) is 11.8 Å². The van der Waals surface area contributed by atoms with Gasteiger partial charge in [0.1, 0.15) is 0 Å². The van der Waals surface area contributed by atoms with E-state index in [0.29, 0.717) is 6.54 Å². The maximum atomic E-state index is 11.7. The van der Waals surface area contributed by atoms with E-state index in [1.165, 1.54) is 0 Å². The van der Waals surface area contributed by atoms with E-state index in [4.69, 9.17) is 5.73 Å². The van der Waals surface area contributed by atoms with E-state index in [-0.39, 0.29) is 17.9 Å². The summed E-state index contributed by atoms with van der Waals surface area (Å²) in [5, 5.41) is 2.91. The van der Waals surface area contributed by atoms with Gasteiger partial charge in [-0.2, -0.15) is 0 Å². The topological polar surface area (TPSA) is 55.1 Å². The Labute approximate surface area is 91.8 Å². The molecule has 0 aliphatic heterocycles. The fourth-order valence-electron chi connectivity index (χ4n) is 1.98. The Bertz CT molecular complexity index is 265. The third-order valence-corrected chi connectivity index (χ3v) is 2.81. The van der Waals surface area contributed by atoms with Crippen molar-refractivity contribution >= 4 is 5.91 Å². The molecule has 15 heavy (non-hydrogen) atoms. The number of amides is 1. The van der Waals surface area contributed by atoms with E-state index in [9.17, 15) is 4.79 Å². The van der Waals surface area contributed by atoms with Gasteiger partial charge in [-0.05, 0) is 26.2 Å². The summed E-state index contributed by atoms with van der Waals surface area (Å²) in [6.07, 6.45) is 4.70. The van der Waals surface area contributed by atoms with Gasteiger partial charge < -0.3 is 11.1 Å². The van der Waals surface area contributed by atoms with E-state index in [1.54, 1.807) is 0 Å². The van der Waals surface area contributed by atoms with Crippen LogP contribution >= 0.6 is 0 Å². The monoisotopic (exact) mass is 208 g/mol. The van der Waals surface area contributed by atoms with Gasteiger partial charge in [0.25, 0.3) is 0 Å². The molecule has 84 valence electrons. The van der Waals surface area contributed by atoms with Crippen LogP contribution in [0.2, 0.25) is 0 Å². The number of carbonyl (C=O) groups is 1. The molecule has 0 radical (unpaired) electrons. The lowest BCUT2D eigenvalue weighted by atomic mass is 9.85. The van der Waals surface area contributed by atoms with E-state index in [2.05, 4.69) is 17.2 Å². The third-order valence-electron chi connectivity index (χ3n) is 2.81. The molecule has 3 N–H and O–H groups in total. The van der Waals surface area contributed by atoms with Gasteiger partial charge >= 0.3 is 0 Å². The van der Waals surface area contributed by atoms with Crippen LogP contribution in [-0.4, -0.2) is 18.5 Å². The van der Waals surface area contributed by atoms with Crippen molar-refractivity contribution in [3.8, 4) is 11.8 Å². The van der Waals surface area contributed by atoms with Crippen molar-refractivity contribution in [2.24, 2.45) is 11.7 Å². The van der Waals surface area contributed by atoms with Crippen LogP contribution < -0.4 is 11.1 Å². The minimum Gasteiger partial charge on any atom is -0.355 e. The second-order valence-electron chi connectivity index (χ2n) is 4.09. The second kappa shape index (κ2) is 6.47. The average molecular weight is 208 g/mol. The lowest BCUT2D eigenvalue weighted by Gasteiger charge is -2.25. The molecule has 3 nitrogen and oxygen atoms in total. The Hall–Kier alpha value is -1.01. The first kappa shape index (κ1) is 12.1. The number of rotatable bonds is 3. The molecule has 0 aromatic heterocycles. The van der Waals surface area contributed by atoms with Gasteiger partial charge in [0.2, 0.25) is 5.91 Å². The van der Waals surface area contributed by atoms with E-state index < -0.39 is 0 Å². The van der Waals surface area contributed by atoms with Gasteiger partial charge in [-0.1, -0.05) is 6.42 Å². The molecular formula is C12H20N2O. The molecule has 0 bridgehead atoms. The molecular weight excluding hydrogens is 188 g/mol. The van der Waals surface area contributed by atoms with Crippen LogP contribution in [0.5, 0.6) is 0 Å². The zero-order valence-electron chi connectivity index (χ0n) is 9.38. The van der Waals surface area contributed by atoms with Crippen LogP contribution in [0.4, 0.5) is 0 Å². The Morgan fingerprint density at radius 2 is 2.33 bits per heavy atom. The summed E-state index contributed by atoms with van der Waals surface area (Å²) in [5.74, 6) is 6.02. The Morgan fingerprint density at radius 3 is 3.00 bits per heavy atom. The van der Waals surface area contributed by atoms with Crippen LogP contribution in [0.25, 0.3) is 0 Å². The highest BCUT2D eigenvalue weighted by atomic mass is 16.1. The molecule has 1 aliphatic carbocycles. The summed E-state index contributed by atoms with van der Waals surface area (Å²) in [7, 11) is 0. The normalized spacial score (nSPS) is 25.2. The summed E-state index contributed by atoms with van der Waals surface area (Å²) < 4.78 is 0. The highest BCUT2D eigenvalue weighted by molar-refractivity contribution is 5.78. The SMILES string of the molecule is CC#CCCNC(=O)C1CCCC(N)C1. The van der Waals surface area contributed by atoms with Crippen molar-refractivity contribution in [1.82, 2.24) is 5.32 Å². The number of nitrogens with one attached hydrogen (secondary N) is 1. The molecule has 1 fully saturated rings. The first-order valence-electron chi connectivity index (χ1n) is 5.67. The van der Waals surface area contributed by atoms with E-state index in [0.717, 1.165) is 32.1 Å². The van der Waals surface area contributed by atoms with E-state index in [1.807, 2.05) is 6.92 Å². The molecule has 2 atom stereocenters. The maximum absolute atomic E-state index is 11.7. The number of hydrogen-bond acceptors (Lipinski definition) is 2. The smallest absolute Gasteiger partial charge is 0.223 e. The lowest BCUT2D eigenvalue weighted by molar-refractivity contribution is -0.126. The first-order valence-corrected chi connectivity index (χ1v) is 5.67. The van der Waals surface area contributed by atoms with E-state index >= 15 is 0 Å². The molecule has 1 aliphatic rings. The summed E-state index contributed by atoms with van der Waals surface area (Å²) in [6, 6.07) is 0.213. The zero-order chi connectivity index (χ0) is 11.1. The summed E-state index contributed by atoms with van der Waals surface area (Å²) in [5.41, 5.74) is 5.84. The summed E-state index contributed by atoms with van der Waals surface area (Å²) >= 11 is 0. The van der Waals surface area contributed by atoms with Gasteiger partial charge in [-0.3, -0.25) is 4.79 Å². The van der Waals surface area contributed by atoms with Crippen molar-refractivity contribution < 1.29 is 4.79 Å². The standard InChI is InChI=1S/C12H20N2O/c1-2-3-4-8-14-12(15)10-6-5-7-11(13)9-10/h10-11H,4-9,13H2,1H3,(H,14,15). The van der Waals surface area contributed by atoms with Crippen molar-refractivity contribution in [3.05, 3.63) is 0 Å². The molecule has 3 heteroatoms. The Balaban J connectivity index is 2.22. The molecule has 0 spiro atoms. The fourth-order valence-corrected chi connectivity index (χ4v) is 1.98. The van der Waals surface area contributed by atoms with Gasteiger partial charge in [0, 0.05) is 24.9 Å². The third kappa shape index (κ3) is 4.35. The number of carbonyl (C=O) groups excluding carboxylic acids is 1.